The first-order chi connectivity index (χ1) is 30.3. The third-order valence-electron chi connectivity index (χ3n) is 13.6. The van der Waals surface area contributed by atoms with Gasteiger partial charge in [0.2, 0.25) is 0 Å². The second kappa shape index (κ2) is 14.3. The summed E-state index contributed by atoms with van der Waals surface area (Å²) in [6.07, 6.45) is 0. The van der Waals surface area contributed by atoms with Crippen molar-refractivity contribution in [3.8, 4) is 33.4 Å². The molecule has 0 bridgehead atoms. The van der Waals surface area contributed by atoms with Crippen LogP contribution in [0.1, 0.15) is 69.4 Å². The molecule has 2 aliphatic heterocycles. The number of nitrogens with zero attached hydrogens (tertiary/aromatic N) is 2. The van der Waals surface area contributed by atoms with Gasteiger partial charge in [-0.1, -0.05) is 150 Å². The van der Waals surface area contributed by atoms with E-state index in [-0.39, 0.29) is 17.7 Å². The van der Waals surface area contributed by atoms with Gasteiger partial charge in [0.25, 0.3) is 0 Å². The lowest BCUT2D eigenvalue weighted by molar-refractivity contribution is 0.590. The molecule has 0 saturated heterocycles. The van der Waals surface area contributed by atoms with E-state index >= 15 is 0 Å². The van der Waals surface area contributed by atoms with Gasteiger partial charge in [0.05, 0.1) is 11.4 Å². The zero-order chi connectivity index (χ0) is 43.5. The van der Waals surface area contributed by atoms with Crippen LogP contribution in [0.3, 0.4) is 0 Å². The first kappa shape index (κ1) is 39.5. The van der Waals surface area contributed by atoms with E-state index in [0.29, 0.717) is 0 Å². The molecule has 2 aliphatic rings. The van der Waals surface area contributed by atoms with Crippen molar-refractivity contribution in [2.75, 3.05) is 9.71 Å². The van der Waals surface area contributed by atoms with E-state index in [0.717, 1.165) is 0 Å². The number of anilines is 5. The van der Waals surface area contributed by atoms with Gasteiger partial charge in [-0.15, -0.1) is 11.3 Å². The van der Waals surface area contributed by atoms with E-state index in [2.05, 4.69) is 230 Å². The molecular weight excluding hydrogens is 780 g/mol. The number of aryl methyl sites for hydroxylation is 3. The monoisotopic (exact) mass is 832 g/mol. The van der Waals surface area contributed by atoms with Crippen molar-refractivity contribution in [3.63, 3.8) is 0 Å². The average molecular weight is 833 g/mol. The molecule has 0 saturated carbocycles. The van der Waals surface area contributed by atoms with Crippen LogP contribution in [0, 0.1) is 20.8 Å². The molecule has 0 atom stereocenters. The van der Waals surface area contributed by atoms with Gasteiger partial charge in [0.1, 0.15) is 0 Å². The summed E-state index contributed by atoms with van der Waals surface area (Å²) >= 11 is 1.90. The van der Waals surface area contributed by atoms with Gasteiger partial charge in [-0.05, 0) is 142 Å². The van der Waals surface area contributed by atoms with E-state index < -0.39 is 0 Å². The maximum Gasteiger partial charge on any atom is 0.333 e. The van der Waals surface area contributed by atoms with Crippen LogP contribution < -0.4 is 20.6 Å². The number of hydrogen-bond donors (Lipinski definition) is 0. The standard InChI is InChI=1S/C59H53BN2S/c1-36-31-37(2)54(38(3)32-36)40-33-47-44-19-13-15-21-50(44)62(43-26-23-41(24-27-43)58(4,5)6)60-48-28-30-53-55(45-20-14-16-22-52(45)63-53)57(48)61(51(34-40)56(47)60)49-29-25-42(59(7,8)9)35-46(49)39-17-11-10-12-18-39/h10-35H,1-9H3. The summed E-state index contributed by atoms with van der Waals surface area (Å²) in [4.78, 5) is 5.32. The normalized spacial score (nSPS) is 13.4. The fraction of sp³-hybridized carbons (Fsp3) is 0.186. The lowest BCUT2D eigenvalue weighted by atomic mass is 9.43. The Morgan fingerprint density at radius 2 is 1.16 bits per heavy atom. The maximum atomic E-state index is 2.68. The van der Waals surface area contributed by atoms with Crippen LogP contribution in [0.2, 0.25) is 0 Å². The van der Waals surface area contributed by atoms with Gasteiger partial charge in [0.15, 0.2) is 0 Å². The Kier molecular flexibility index (Phi) is 8.99. The minimum absolute atomic E-state index is 0.0316. The summed E-state index contributed by atoms with van der Waals surface area (Å²) in [6, 6.07) is 60.5. The average Bonchev–Trinajstić information content (AvgIpc) is 3.65. The number of fused-ring (bicyclic) bond motifs is 8. The zero-order valence-electron chi connectivity index (χ0n) is 37.9. The Hall–Kier alpha value is -6.36. The van der Waals surface area contributed by atoms with Crippen LogP contribution >= 0.6 is 11.3 Å². The molecule has 0 unspecified atom stereocenters. The van der Waals surface area contributed by atoms with Gasteiger partial charge in [-0.25, -0.2) is 0 Å². The molecule has 0 radical (unpaired) electrons. The van der Waals surface area contributed by atoms with Gasteiger partial charge in [-0.3, -0.25) is 0 Å². The molecule has 1 aromatic heterocycles. The fourth-order valence-electron chi connectivity index (χ4n) is 10.7. The van der Waals surface area contributed by atoms with Crippen molar-refractivity contribution in [3.05, 3.63) is 186 Å². The molecule has 3 heterocycles. The lowest BCUT2D eigenvalue weighted by Crippen LogP contribution is -2.61. The van der Waals surface area contributed by atoms with Crippen LogP contribution in [0.15, 0.2) is 158 Å². The van der Waals surface area contributed by atoms with Crippen molar-refractivity contribution < 1.29 is 0 Å². The van der Waals surface area contributed by atoms with Crippen molar-refractivity contribution >= 4 is 77.7 Å². The van der Waals surface area contributed by atoms with Gasteiger partial charge in [0, 0.05) is 48.4 Å². The van der Waals surface area contributed by atoms with Crippen LogP contribution in [0.4, 0.5) is 28.4 Å². The topological polar surface area (TPSA) is 6.48 Å². The van der Waals surface area contributed by atoms with Gasteiger partial charge >= 0.3 is 6.85 Å². The predicted octanol–water partition coefficient (Wildman–Crippen LogP) is 15.6. The van der Waals surface area contributed by atoms with E-state index in [9.17, 15) is 0 Å². The van der Waals surface area contributed by atoms with Crippen LogP contribution in [-0.4, -0.2) is 6.85 Å². The quantitative estimate of drug-likeness (QED) is 0.163. The van der Waals surface area contributed by atoms with Crippen LogP contribution in [-0.2, 0) is 10.8 Å². The summed E-state index contributed by atoms with van der Waals surface area (Å²) in [7, 11) is 0. The molecular formula is C59H53BN2S. The molecule has 4 heteroatoms. The molecule has 0 aliphatic carbocycles. The molecule has 0 spiro atoms. The highest BCUT2D eigenvalue weighted by atomic mass is 32.1. The minimum Gasteiger partial charge on any atom is -0.376 e. The summed E-state index contributed by atoms with van der Waals surface area (Å²) < 4.78 is 2.61. The highest BCUT2D eigenvalue weighted by Crippen LogP contribution is 2.53. The molecule has 9 aromatic rings. The Balaban J connectivity index is 1.32. The molecule has 0 amide bonds. The van der Waals surface area contributed by atoms with E-state index in [4.69, 9.17) is 0 Å². The number of hydrogen-bond acceptors (Lipinski definition) is 3. The van der Waals surface area contributed by atoms with Gasteiger partial charge < -0.3 is 9.71 Å². The van der Waals surface area contributed by atoms with Crippen LogP contribution in [0.25, 0.3) is 53.6 Å². The van der Waals surface area contributed by atoms with Crippen molar-refractivity contribution in [1.82, 2.24) is 0 Å². The zero-order valence-corrected chi connectivity index (χ0v) is 38.7. The molecule has 308 valence electrons. The molecule has 0 N–H and O–H groups in total. The first-order valence-electron chi connectivity index (χ1n) is 22.5. The summed E-state index contributed by atoms with van der Waals surface area (Å²) in [6.45, 7) is 20.6. The lowest BCUT2D eigenvalue weighted by Gasteiger charge is -2.46. The highest BCUT2D eigenvalue weighted by Gasteiger charge is 2.46. The second-order valence-corrected chi connectivity index (χ2v) is 21.1. The number of rotatable bonds is 4. The molecule has 2 nitrogen and oxygen atoms in total. The highest BCUT2D eigenvalue weighted by molar-refractivity contribution is 7.26. The maximum absolute atomic E-state index is 2.68. The Labute approximate surface area is 377 Å². The summed E-state index contributed by atoms with van der Waals surface area (Å²) in [5, 5.41) is 2.61. The number of para-hydroxylation sites is 1. The molecule has 11 rings (SSSR count). The van der Waals surface area contributed by atoms with E-state index in [1.54, 1.807) is 0 Å². The van der Waals surface area contributed by atoms with Crippen molar-refractivity contribution in [1.29, 1.82) is 0 Å². The molecule has 63 heavy (non-hydrogen) atoms. The predicted molar refractivity (Wildman–Crippen MR) is 276 cm³/mol. The largest absolute Gasteiger partial charge is 0.376 e. The molecule has 8 aromatic carbocycles. The number of thiophene rings is 1. The Morgan fingerprint density at radius 1 is 0.492 bits per heavy atom. The third-order valence-corrected chi connectivity index (χ3v) is 14.8. The van der Waals surface area contributed by atoms with Crippen LogP contribution in [0.5, 0.6) is 0 Å². The summed E-state index contributed by atoms with van der Waals surface area (Å²) in [5.41, 5.74) is 22.9. The minimum atomic E-state index is -0.0945. The van der Waals surface area contributed by atoms with E-state index in [1.165, 1.54) is 121 Å². The fourth-order valence-corrected chi connectivity index (χ4v) is 11.8. The Bertz CT molecular complexity index is 3270. The van der Waals surface area contributed by atoms with Gasteiger partial charge in [-0.2, -0.15) is 0 Å². The smallest absolute Gasteiger partial charge is 0.333 e. The first-order valence-corrected chi connectivity index (χ1v) is 23.3. The summed E-state index contributed by atoms with van der Waals surface area (Å²) in [5.74, 6) is 0. The van der Waals surface area contributed by atoms with Crippen molar-refractivity contribution in [2.24, 2.45) is 0 Å². The second-order valence-electron chi connectivity index (χ2n) is 20.0. The number of benzene rings is 8. The van der Waals surface area contributed by atoms with Crippen molar-refractivity contribution in [2.45, 2.75) is 73.1 Å². The molecule has 0 fully saturated rings. The third kappa shape index (κ3) is 6.28. The van der Waals surface area contributed by atoms with E-state index in [1.807, 2.05) is 11.3 Å². The Morgan fingerprint density at radius 3 is 1.89 bits per heavy atom. The SMILES string of the molecule is Cc1cc(C)c(-c2cc3c4c(c2)N(c2ccc(C(C)(C)C)cc2-c2ccccc2)c2c(ccc5sc6ccccc6c25)B4N(c2ccc(C(C)(C)C)cc2)c2ccccc2-3)c(C)c1.